The lowest BCUT2D eigenvalue weighted by Gasteiger charge is -2.17. The minimum atomic E-state index is 0.494. The van der Waals surface area contributed by atoms with Crippen LogP contribution in [-0.4, -0.2) is 13.2 Å². The highest BCUT2D eigenvalue weighted by molar-refractivity contribution is 6.30. The van der Waals surface area contributed by atoms with Gasteiger partial charge < -0.3 is 14.8 Å². The molecule has 2 aromatic rings. The molecule has 0 bridgehead atoms. The maximum absolute atomic E-state index is 6.09. The molecule has 1 aliphatic carbocycles. The van der Waals surface area contributed by atoms with Crippen molar-refractivity contribution < 1.29 is 9.47 Å². The molecule has 0 aliphatic heterocycles. The number of nitrogens with one attached hydrogen (secondary N) is 1. The Morgan fingerprint density at radius 1 is 1.08 bits per heavy atom. The molecule has 1 aliphatic rings. The molecule has 0 radical (unpaired) electrons. The van der Waals surface area contributed by atoms with Crippen LogP contribution in [0.2, 0.25) is 5.02 Å². The third-order valence-corrected chi connectivity index (χ3v) is 4.77. The number of para-hydroxylation sites is 1. The Morgan fingerprint density at radius 3 is 2.54 bits per heavy atom. The minimum absolute atomic E-state index is 0.494. The predicted octanol–water partition coefficient (Wildman–Crippen LogP) is 4.96. The van der Waals surface area contributed by atoms with E-state index in [0.717, 1.165) is 34.2 Å². The Morgan fingerprint density at radius 2 is 1.83 bits per heavy atom. The van der Waals surface area contributed by atoms with E-state index in [1.54, 1.807) is 7.11 Å². The monoisotopic (exact) mass is 345 g/mol. The average molecular weight is 346 g/mol. The third-order valence-electron chi connectivity index (χ3n) is 4.51. The first-order chi connectivity index (χ1) is 11.8. The van der Waals surface area contributed by atoms with E-state index in [1.165, 1.54) is 25.7 Å². The van der Waals surface area contributed by atoms with Gasteiger partial charge >= 0.3 is 0 Å². The SMILES string of the molecule is COc1cccc(CNC2CCCC2)c1OCc1ccc(Cl)cc1. The van der Waals surface area contributed by atoms with E-state index in [4.69, 9.17) is 21.1 Å². The topological polar surface area (TPSA) is 30.5 Å². The first-order valence-electron chi connectivity index (χ1n) is 8.53. The van der Waals surface area contributed by atoms with Crippen LogP contribution in [-0.2, 0) is 13.2 Å². The molecule has 0 saturated heterocycles. The Labute approximate surface area is 148 Å². The summed E-state index contributed by atoms with van der Waals surface area (Å²) in [6.07, 6.45) is 5.20. The van der Waals surface area contributed by atoms with Gasteiger partial charge in [0, 0.05) is 23.2 Å². The van der Waals surface area contributed by atoms with Gasteiger partial charge in [0.2, 0.25) is 0 Å². The number of ether oxygens (including phenoxy) is 2. The molecule has 0 spiro atoms. The number of hydrogen-bond acceptors (Lipinski definition) is 3. The van der Waals surface area contributed by atoms with Gasteiger partial charge in [-0.15, -0.1) is 0 Å². The van der Waals surface area contributed by atoms with Crippen LogP contribution in [0.3, 0.4) is 0 Å². The molecule has 1 saturated carbocycles. The van der Waals surface area contributed by atoms with E-state index in [1.807, 2.05) is 36.4 Å². The second-order valence-electron chi connectivity index (χ2n) is 6.23. The van der Waals surface area contributed by atoms with Crippen LogP contribution in [0.4, 0.5) is 0 Å². The zero-order valence-electron chi connectivity index (χ0n) is 14.1. The molecule has 3 nitrogen and oxygen atoms in total. The smallest absolute Gasteiger partial charge is 0.166 e. The highest BCUT2D eigenvalue weighted by Gasteiger charge is 2.16. The summed E-state index contributed by atoms with van der Waals surface area (Å²) in [4.78, 5) is 0. The zero-order chi connectivity index (χ0) is 16.8. The summed E-state index contributed by atoms with van der Waals surface area (Å²) in [5, 5.41) is 4.38. The van der Waals surface area contributed by atoms with Gasteiger partial charge in [-0.3, -0.25) is 0 Å². The molecule has 4 heteroatoms. The standard InChI is InChI=1S/C20H24ClNO2/c1-23-19-8-4-5-16(13-22-18-6-2-3-7-18)20(19)24-14-15-9-11-17(21)12-10-15/h4-5,8-12,18,22H,2-3,6-7,13-14H2,1H3. The Balaban J connectivity index is 1.70. The molecule has 0 heterocycles. The summed E-state index contributed by atoms with van der Waals surface area (Å²) in [7, 11) is 1.68. The van der Waals surface area contributed by atoms with E-state index in [2.05, 4.69) is 11.4 Å². The molecule has 0 aromatic heterocycles. The van der Waals surface area contributed by atoms with Gasteiger partial charge in [0.15, 0.2) is 11.5 Å². The first kappa shape index (κ1) is 17.1. The predicted molar refractivity (Wildman–Crippen MR) is 97.9 cm³/mol. The Bertz CT molecular complexity index is 651. The van der Waals surface area contributed by atoms with Crippen molar-refractivity contribution in [3.8, 4) is 11.5 Å². The lowest BCUT2D eigenvalue weighted by molar-refractivity contribution is 0.280. The Hall–Kier alpha value is -1.71. The van der Waals surface area contributed by atoms with E-state index >= 15 is 0 Å². The van der Waals surface area contributed by atoms with Crippen LogP contribution in [0.1, 0.15) is 36.8 Å². The fourth-order valence-electron chi connectivity index (χ4n) is 3.15. The number of hydrogen-bond donors (Lipinski definition) is 1. The fourth-order valence-corrected chi connectivity index (χ4v) is 3.27. The number of methoxy groups -OCH3 is 1. The van der Waals surface area contributed by atoms with Crippen molar-refractivity contribution in [1.82, 2.24) is 5.32 Å². The van der Waals surface area contributed by atoms with E-state index < -0.39 is 0 Å². The second kappa shape index (κ2) is 8.41. The van der Waals surface area contributed by atoms with Gasteiger partial charge in [0.25, 0.3) is 0 Å². The molecule has 0 atom stereocenters. The largest absolute Gasteiger partial charge is 0.493 e. The lowest BCUT2D eigenvalue weighted by Crippen LogP contribution is -2.25. The highest BCUT2D eigenvalue weighted by atomic mass is 35.5. The number of rotatable bonds is 7. The third kappa shape index (κ3) is 4.43. The lowest BCUT2D eigenvalue weighted by atomic mass is 10.1. The number of halogens is 1. The van der Waals surface area contributed by atoms with Crippen molar-refractivity contribution in [2.45, 2.75) is 44.9 Å². The van der Waals surface area contributed by atoms with Gasteiger partial charge in [-0.1, -0.05) is 48.7 Å². The van der Waals surface area contributed by atoms with Crippen molar-refractivity contribution in [2.24, 2.45) is 0 Å². The quantitative estimate of drug-likeness (QED) is 0.769. The minimum Gasteiger partial charge on any atom is -0.493 e. The molecular weight excluding hydrogens is 322 g/mol. The fraction of sp³-hybridized carbons (Fsp3) is 0.400. The maximum atomic E-state index is 6.09. The normalized spacial score (nSPS) is 14.8. The maximum Gasteiger partial charge on any atom is 0.166 e. The van der Waals surface area contributed by atoms with Gasteiger partial charge in [-0.05, 0) is 36.6 Å². The van der Waals surface area contributed by atoms with Crippen molar-refractivity contribution in [2.75, 3.05) is 7.11 Å². The molecular formula is C20H24ClNO2. The highest BCUT2D eigenvalue weighted by Crippen LogP contribution is 2.32. The van der Waals surface area contributed by atoms with E-state index in [0.29, 0.717) is 12.6 Å². The van der Waals surface area contributed by atoms with Crippen molar-refractivity contribution in [3.63, 3.8) is 0 Å². The summed E-state index contributed by atoms with van der Waals surface area (Å²) in [6, 6.07) is 14.4. The van der Waals surface area contributed by atoms with Gasteiger partial charge in [-0.25, -0.2) is 0 Å². The second-order valence-corrected chi connectivity index (χ2v) is 6.66. The van der Waals surface area contributed by atoms with E-state index in [9.17, 15) is 0 Å². The van der Waals surface area contributed by atoms with Gasteiger partial charge in [0.05, 0.1) is 7.11 Å². The summed E-state index contributed by atoms with van der Waals surface area (Å²) >= 11 is 5.94. The Kier molecular flexibility index (Phi) is 6.00. The molecule has 2 aromatic carbocycles. The van der Waals surface area contributed by atoms with Crippen molar-refractivity contribution in [3.05, 3.63) is 58.6 Å². The van der Waals surface area contributed by atoms with Crippen LogP contribution in [0.5, 0.6) is 11.5 Å². The molecule has 128 valence electrons. The van der Waals surface area contributed by atoms with Crippen LogP contribution < -0.4 is 14.8 Å². The molecule has 24 heavy (non-hydrogen) atoms. The first-order valence-corrected chi connectivity index (χ1v) is 8.90. The van der Waals surface area contributed by atoms with Crippen LogP contribution in [0.25, 0.3) is 0 Å². The summed E-state index contributed by atoms with van der Waals surface area (Å²) < 4.78 is 11.6. The van der Waals surface area contributed by atoms with Crippen LogP contribution in [0, 0.1) is 0 Å². The van der Waals surface area contributed by atoms with Gasteiger partial charge in [0.1, 0.15) is 6.61 Å². The molecule has 1 fully saturated rings. The summed E-state index contributed by atoms with van der Waals surface area (Å²) in [6.45, 7) is 1.30. The molecule has 1 N–H and O–H groups in total. The molecule has 3 rings (SSSR count). The van der Waals surface area contributed by atoms with Crippen molar-refractivity contribution in [1.29, 1.82) is 0 Å². The molecule has 0 unspecified atom stereocenters. The number of benzene rings is 2. The summed E-state index contributed by atoms with van der Waals surface area (Å²) in [5.41, 5.74) is 2.22. The van der Waals surface area contributed by atoms with Crippen LogP contribution in [0.15, 0.2) is 42.5 Å². The van der Waals surface area contributed by atoms with Crippen LogP contribution >= 0.6 is 11.6 Å². The van der Waals surface area contributed by atoms with E-state index in [-0.39, 0.29) is 0 Å². The molecule has 0 amide bonds. The van der Waals surface area contributed by atoms with Crippen molar-refractivity contribution >= 4 is 11.6 Å². The van der Waals surface area contributed by atoms with Gasteiger partial charge in [-0.2, -0.15) is 0 Å². The average Bonchev–Trinajstić information content (AvgIpc) is 3.13. The zero-order valence-corrected chi connectivity index (χ0v) is 14.8. The summed E-state index contributed by atoms with van der Waals surface area (Å²) in [5.74, 6) is 1.59.